The second-order valence-electron chi connectivity index (χ2n) is 4.94. The quantitative estimate of drug-likeness (QED) is 0.767. The number of carbonyl (C=O) groups excluding carboxylic acids is 1. The maximum Gasteiger partial charge on any atom is 0.166 e. The molecule has 2 aromatic rings. The van der Waals surface area contributed by atoms with Crippen LogP contribution in [0.3, 0.4) is 0 Å². The zero-order valence-corrected chi connectivity index (χ0v) is 14.3. The van der Waals surface area contributed by atoms with Crippen molar-refractivity contribution in [3.63, 3.8) is 0 Å². The van der Waals surface area contributed by atoms with Gasteiger partial charge in [-0.15, -0.1) is 0 Å². The Balaban J connectivity index is 2.39. The van der Waals surface area contributed by atoms with Gasteiger partial charge in [0.05, 0.1) is 24.9 Å². The number of hydrogen-bond acceptors (Lipinski definition) is 3. The van der Waals surface area contributed by atoms with Crippen LogP contribution in [0.5, 0.6) is 5.75 Å². The smallest absolute Gasteiger partial charge is 0.166 e. The lowest BCUT2D eigenvalue weighted by Gasteiger charge is -2.09. The number of rotatable bonds is 5. The molecule has 0 unspecified atom stereocenters. The first-order chi connectivity index (χ1) is 9.97. The van der Waals surface area contributed by atoms with Crippen LogP contribution >= 0.6 is 15.9 Å². The molecule has 5 heteroatoms. The Bertz CT molecular complexity index is 677. The fourth-order valence-corrected chi connectivity index (χ4v) is 2.76. The van der Waals surface area contributed by atoms with Crippen molar-refractivity contribution in [2.75, 3.05) is 7.11 Å². The summed E-state index contributed by atoms with van der Waals surface area (Å²) in [5.41, 5.74) is 3.51. The van der Waals surface area contributed by atoms with Gasteiger partial charge in [0.1, 0.15) is 5.75 Å². The van der Waals surface area contributed by atoms with Gasteiger partial charge in [-0.25, -0.2) is 0 Å². The summed E-state index contributed by atoms with van der Waals surface area (Å²) >= 11 is 3.55. The highest BCUT2D eigenvalue weighted by Crippen LogP contribution is 2.24. The van der Waals surface area contributed by atoms with E-state index in [1.165, 1.54) is 0 Å². The van der Waals surface area contributed by atoms with E-state index in [0.29, 0.717) is 13.0 Å². The SMILES string of the molecule is CCC(=O)c1c(C)nn(Cc2cc(OC)ccc2Br)c1C. The van der Waals surface area contributed by atoms with Crippen LogP contribution in [0.2, 0.25) is 0 Å². The number of ether oxygens (including phenoxy) is 1. The van der Waals surface area contributed by atoms with E-state index in [9.17, 15) is 4.79 Å². The van der Waals surface area contributed by atoms with E-state index in [2.05, 4.69) is 21.0 Å². The Labute approximate surface area is 133 Å². The Morgan fingerprint density at radius 1 is 1.38 bits per heavy atom. The molecule has 0 saturated heterocycles. The number of nitrogens with zero attached hydrogens (tertiary/aromatic N) is 2. The van der Waals surface area contributed by atoms with Gasteiger partial charge < -0.3 is 4.74 Å². The molecule has 0 radical (unpaired) electrons. The van der Waals surface area contributed by atoms with Gasteiger partial charge in [-0.2, -0.15) is 5.10 Å². The van der Waals surface area contributed by atoms with Crippen LogP contribution in [0, 0.1) is 13.8 Å². The van der Waals surface area contributed by atoms with Gasteiger partial charge in [-0.3, -0.25) is 9.48 Å². The van der Waals surface area contributed by atoms with Gasteiger partial charge in [-0.1, -0.05) is 22.9 Å². The lowest BCUT2D eigenvalue weighted by atomic mass is 10.1. The molecule has 1 heterocycles. The molecule has 0 aliphatic carbocycles. The summed E-state index contributed by atoms with van der Waals surface area (Å²) in [7, 11) is 1.65. The molecule has 0 amide bonds. The van der Waals surface area contributed by atoms with Crippen LogP contribution in [0.1, 0.15) is 40.7 Å². The first-order valence-electron chi connectivity index (χ1n) is 6.87. The molecule has 0 saturated carbocycles. The first kappa shape index (κ1) is 15.8. The molecule has 0 fully saturated rings. The molecule has 1 aromatic heterocycles. The van der Waals surface area contributed by atoms with Crippen LogP contribution < -0.4 is 4.74 Å². The van der Waals surface area contributed by atoms with E-state index in [1.807, 2.05) is 43.7 Å². The summed E-state index contributed by atoms with van der Waals surface area (Å²) in [6.07, 6.45) is 0.496. The van der Waals surface area contributed by atoms with Crippen LogP contribution in [-0.4, -0.2) is 22.7 Å². The molecule has 0 bridgehead atoms. The van der Waals surface area contributed by atoms with Crippen molar-refractivity contribution in [2.24, 2.45) is 0 Å². The molecule has 0 atom stereocenters. The fraction of sp³-hybridized carbons (Fsp3) is 0.375. The molecule has 4 nitrogen and oxygen atoms in total. The maximum absolute atomic E-state index is 12.0. The van der Waals surface area contributed by atoms with Crippen LogP contribution in [0.25, 0.3) is 0 Å². The minimum absolute atomic E-state index is 0.140. The van der Waals surface area contributed by atoms with Gasteiger partial charge in [0.15, 0.2) is 5.78 Å². The summed E-state index contributed by atoms with van der Waals surface area (Å²) < 4.78 is 8.13. The highest BCUT2D eigenvalue weighted by atomic mass is 79.9. The van der Waals surface area contributed by atoms with Crippen LogP contribution in [0.15, 0.2) is 22.7 Å². The molecule has 0 N–H and O–H groups in total. The molecule has 0 spiro atoms. The average Bonchev–Trinajstić information content (AvgIpc) is 2.75. The minimum atomic E-state index is 0.140. The van der Waals surface area contributed by atoms with Crippen molar-refractivity contribution in [1.82, 2.24) is 9.78 Å². The van der Waals surface area contributed by atoms with Crippen molar-refractivity contribution < 1.29 is 9.53 Å². The molecule has 1 aromatic carbocycles. The zero-order chi connectivity index (χ0) is 15.6. The predicted octanol–water partition coefficient (Wildman–Crippen LogP) is 3.91. The average molecular weight is 351 g/mol. The molecule has 0 aliphatic heterocycles. The summed E-state index contributed by atoms with van der Waals surface area (Å²) in [4.78, 5) is 12.0. The van der Waals surface area contributed by atoms with Crippen LogP contribution in [-0.2, 0) is 6.54 Å². The standard InChI is InChI=1S/C16H19BrN2O2/c1-5-15(20)16-10(2)18-19(11(16)3)9-12-8-13(21-4)6-7-14(12)17/h6-8H,5,9H2,1-4H3. The Hall–Kier alpha value is -1.62. The lowest BCUT2D eigenvalue weighted by molar-refractivity contribution is 0.0987. The second-order valence-corrected chi connectivity index (χ2v) is 5.79. The first-order valence-corrected chi connectivity index (χ1v) is 7.66. The summed E-state index contributed by atoms with van der Waals surface area (Å²) in [5, 5.41) is 4.51. The summed E-state index contributed by atoms with van der Waals surface area (Å²) in [6.45, 7) is 6.29. The van der Waals surface area contributed by atoms with Crippen LogP contribution in [0.4, 0.5) is 0 Å². The molecule has 0 aliphatic rings. The van der Waals surface area contributed by atoms with Gasteiger partial charge in [-0.05, 0) is 37.6 Å². The van der Waals surface area contributed by atoms with E-state index in [1.54, 1.807) is 7.11 Å². The van der Waals surface area contributed by atoms with Crippen molar-refractivity contribution in [2.45, 2.75) is 33.7 Å². The van der Waals surface area contributed by atoms with E-state index in [-0.39, 0.29) is 5.78 Å². The largest absolute Gasteiger partial charge is 0.497 e. The number of carbonyl (C=O) groups is 1. The van der Waals surface area contributed by atoms with Crippen molar-refractivity contribution >= 4 is 21.7 Å². The van der Waals surface area contributed by atoms with E-state index < -0.39 is 0 Å². The van der Waals surface area contributed by atoms with Gasteiger partial charge in [0.25, 0.3) is 0 Å². The molecule has 21 heavy (non-hydrogen) atoms. The normalized spacial score (nSPS) is 10.7. The van der Waals surface area contributed by atoms with E-state index >= 15 is 0 Å². The Morgan fingerprint density at radius 3 is 2.71 bits per heavy atom. The number of Topliss-reactive ketones (excluding diaryl/α,β-unsaturated/α-hetero) is 1. The molecular weight excluding hydrogens is 332 g/mol. The maximum atomic E-state index is 12.0. The van der Waals surface area contributed by atoms with E-state index in [4.69, 9.17) is 4.74 Å². The summed E-state index contributed by atoms with van der Waals surface area (Å²) in [5.74, 6) is 0.945. The van der Waals surface area contributed by atoms with Gasteiger partial charge >= 0.3 is 0 Å². The number of hydrogen-bond donors (Lipinski definition) is 0. The Kier molecular flexibility index (Phi) is 4.83. The third kappa shape index (κ3) is 3.18. The number of aromatic nitrogens is 2. The van der Waals surface area contributed by atoms with Gasteiger partial charge in [0, 0.05) is 16.6 Å². The third-order valence-electron chi connectivity index (χ3n) is 3.55. The number of benzene rings is 1. The van der Waals surface area contributed by atoms with Gasteiger partial charge in [0.2, 0.25) is 0 Å². The second kappa shape index (κ2) is 6.43. The topological polar surface area (TPSA) is 44.1 Å². The van der Waals surface area contributed by atoms with Crippen molar-refractivity contribution in [1.29, 1.82) is 0 Å². The number of methoxy groups -OCH3 is 1. The molecule has 2 rings (SSSR count). The van der Waals surface area contributed by atoms with Crippen molar-refractivity contribution in [3.8, 4) is 5.75 Å². The third-order valence-corrected chi connectivity index (χ3v) is 4.33. The summed E-state index contributed by atoms with van der Waals surface area (Å²) in [6, 6.07) is 5.83. The highest BCUT2D eigenvalue weighted by molar-refractivity contribution is 9.10. The molecule has 112 valence electrons. The number of ketones is 1. The lowest BCUT2D eigenvalue weighted by Crippen LogP contribution is -2.06. The number of halogens is 1. The highest BCUT2D eigenvalue weighted by Gasteiger charge is 2.17. The Morgan fingerprint density at radius 2 is 2.10 bits per heavy atom. The number of aryl methyl sites for hydroxylation is 1. The molecular formula is C16H19BrN2O2. The predicted molar refractivity (Wildman–Crippen MR) is 86.1 cm³/mol. The van der Waals surface area contributed by atoms with Crippen molar-refractivity contribution in [3.05, 3.63) is 45.2 Å². The monoisotopic (exact) mass is 350 g/mol. The minimum Gasteiger partial charge on any atom is -0.497 e. The fourth-order valence-electron chi connectivity index (χ4n) is 2.39. The van der Waals surface area contributed by atoms with E-state index in [0.717, 1.165) is 32.7 Å². The zero-order valence-electron chi connectivity index (χ0n) is 12.7.